The van der Waals surface area contributed by atoms with E-state index in [1.165, 1.54) is 14.0 Å². The first-order valence-electron chi connectivity index (χ1n) is 7.10. The van der Waals surface area contributed by atoms with Crippen molar-refractivity contribution >= 4 is 17.8 Å². The molecule has 1 saturated heterocycles. The summed E-state index contributed by atoms with van der Waals surface area (Å²) in [6.45, 7) is 5.91. The summed E-state index contributed by atoms with van der Waals surface area (Å²) < 4.78 is 9.94. The van der Waals surface area contributed by atoms with Crippen LogP contribution in [0.25, 0.3) is 0 Å². The molecule has 0 bridgehead atoms. The van der Waals surface area contributed by atoms with Gasteiger partial charge in [-0.05, 0) is 12.3 Å². The lowest BCUT2D eigenvalue weighted by Gasteiger charge is -2.17. The van der Waals surface area contributed by atoms with Crippen molar-refractivity contribution in [2.24, 2.45) is 11.8 Å². The Morgan fingerprint density at radius 1 is 1.29 bits per heavy atom. The molecule has 0 saturated carbocycles. The van der Waals surface area contributed by atoms with Gasteiger partial charge in [0.05, 0.1) is 19.6 Å². The minimum Gasteiger partial charge on any atom is -0.469 e. The first-order valence-corrected chi connectivity index (χ1v) is 7.10. The molecule has 1 aliphatic rings. The van der Waals surface area contributed by atoms with Gasteiger partial charge in [0, 0.05) is 19.5 Å². The van der Waals surface area contributed by atoms with Gasteiger partial charge in [-0.1, -0.05) is 13.8 Å². The molecule has 7 heteroatoms. The number of rotatable bonds is 6. The predicted molar refractivity (Wildman–Crippen MR) is 75.3 cm³/mol. The van der Waals surface area contributed by atoms with E-state index in [0.29, 0.717) is 13.0 Å². The highest BCUT2D eigenvalue weighted by atomic mass is 16.5. The van der Waals surface area contributed by atoms with E-state index in [4.69, 9.17) is 9.47 Å². The molecule has 1 aliphatic heterocycles. The van der Waals surface area contributed by atoms with Gasteiger partial charge in [0.15, 0.2) is 0 Å². The summed E-state index contributed by atoms with van der Waals surface area (Å²) in [6.07, 6.45) is 0.313. The molecule has 21 heavy (non-hydrogen) atoms. The van der Waals surface area contributed by atoms with Crippen LogP contribution in [0.4, 0.5) is 0 Å². The van der Waals surface area contributed by atoms with Crippen LogP contribution >= 0.6 is 0 Å². The van der Waals surface area contributed by atoms with Gasteiger partial charge in [0.1, 0.15) is 6.04 Å². The molecule has 0 aliphatic carbocycles. The smallest absolute Gasteiger partial charge is 0.323 e. The van der Waals surface area contributed by atoms with Crippen molar-refractivity contribution < 1.29 is 23.9 Å². The van der Waals surface area contributed by atoms with Crippen LogP contribution in [-0.4, -0.2) is 50.2 Å². The second-order valence-electron chi connectivity index (χ2n) is 5.65. The lowest BCUT2D eigenvalue weighted by atomic mass is 9.99. The fourth-order valence-electron chi connectivity index (χ4n) is 2.24. The quantitative estimate of drug-likeness (QED) is 0.662. The van der Waals surface area contributed by atoms with E-state index in [2.05, 4.69) is 10.6 Å². The molecular formula is C14H24N2O5. The molecule has 2 unspecified atom stereocenters. The molecule has 0 aromatic carbocycles. The van der Waals surface area contributed by atoms with Gasteiger partial charge in [-0.3, -0.25) is 19.7 Å². The summed E-state index contributed by atoms with van der Waals surface area (Å²) in [7, 11) is 1.31. The first-order chi connectivity index (χ1) is 9.85. The minimum absolute atomic E-state index is 0.189. The summed E-state index contributed by atoms with van der Waals surface area (Å²) in [5, 5.41) is 5.69. The number of carbonyl (C=O) groups excluding carboxylic acids is 3. The standard InChI is InChI=1S/C14H24N2O5/c1-8(2)7-21-14(19)11-5-10(13(18)20-4)12(16-11)6-15-9(3)17/h8,10-12,16H,5-7H2,1-4H3,(H,15,17)/t10?,11?,12-/m0/s1. The molecule has 3 atom stereocenters. The normalized spacial score (nSPS) is 24.7. The van der Waals surface area contributed by atoms with Crippen LogP contribution in [-0.2, 0) is 23.9 Å². The molecule has 1 rings (SSSR count). The van der Waals surface area contributed by atoms with E-state index in [-0.39, 0.29) is 30.4 Å². The monoisotopic (exact) mass is 300 g/mol. The van der Waals surface area contributed by atoms with E-state index in [1.807, 2.05) is 13.8 Å². The zero-order valence-electron chi connectivity index (χ0n) is 13.0. The largest absolute Gasteiger partial charge is 0.469 e. The van der Waals surface area contributed by atoms with E-state index >= 15 is 0 Å². The summed E-state index contributed by atoms with van der Waals surface area (Å²) in [5.41, 5.74) is 0. The molecule has 0 radical (unpaired) electrons. The summed E-state index contributed by atoms with van der Waals surface area (Å²) in [6, 6.07) is -0.885. The van der Waals surface area contributed by atoms with Gasteiger partial charge >= 0.3 is 11.9 Å². The van der Waals surface area contributed by atoms with Gasteiger partial charge in [-0.15, -0.1) is 0 Å². The van der Waals surface area contributed by atoms with Crippen molar-refractivity contribution in [3.05, 3.63) is 0 Å². The maximum Gasteiger partial charge on any atom is 0.323 e. The highest BCUT2D eigenvalue weighted by molar-refractivity contribution is 5.80. The number of carbonyl (C=O) groups is 3. The Kier molecular flexibility index (Phi) is 6.61. The predicted octanol–water partition coefficient (Wildman–Crippen LogP) is -0.159. The topological polar surface area (TPSA) is 93.7 Å². The van der Waals surface area contributed by atoms with E-state index in [0.717, 1.165) is 0 Å². The van der Waals surface area contributed by atoms with Crippen molar-refractivity contribution in [2.75, 3.05) is 20.3 Å². The molecular weight excluding hydrogens is 276 g/mol. The van der Waals surface area contributed by atoms with E-state index in [9.17, 15) is 14.4 Å². The van der Waals surface area contributed by atoms with Crippen molar-refractivity contribution in [1.29, 1.82) is 0 Å². The van der Waals surface area contributed by atoms with Crippen LogP contribution in [0.2, 0.25) is 0 Å². The molecule has 1 heterocycles. The molecule has 1 amide bonds. The van der Waals surface area contributed by atoms with Gasteiger partial charge in [0.2, 0.25) is 5.91 Å². The SMILES string of the molecule is COC(=O)C1CC(C(=O)OCC(C)C)N[C@H]1CNC(C)=O. The molecule has 0 aromatic rings. The maximum atomic E-state index is 12.0. The molecule has 120 valence electrons. The van der Waals surface area contributed by atoms with Crippen LogP contribution in [0.3, 0.4) is 0 Å². The second kappa shape index (κ2) is 7.97. The number of nitrogens with one attached hydrogen (secondary N) is 2. The number of methoxy groups -OCH3 is 1. The Morgan fingerprint density at radius 3 is 2.48 bits per heavy atom. The van der Waals surface area contributed by atoms with Crippen LogP contribution in [0, 0.1) is 11.8 Å². The van der Waals surface area contributed by atoms with Crippen LogP contribution < -0.4 is 10.6 Å². The van der Waals surface area contributed by atoms with Crippen LogP contribution in [0.15, 0.2) is 0 Å². The zero-order valence-corrected chi connectivity index (χ0v) is 13.0. The van der Waals surface area contributed by atoms with Gasteiger partial charge in [0.25, 0.3) is 0 Å². The number of esters is 2. The van der Waals surface area contributed by atoms with Crippen LogP contribution in [0.5, 0.6) is 0 Å². The van der Waals surface area contributed by atoms with Gasteiger partial charge in [-0.2, -0.15) is 0 Å². The number of hydrogen-bond acceptors (Lipinski definition) is 6. The average Bonchev–Trinajstić information content (AvgIpc) is 2.85. The lowest BCUT2D eigenvalue weighted by molar-refractivity contribution is -0.147. The summed E-state index contributed by atoms with van der Waals surface area (Å²) in [4.78, 5) is 34.7. The number of hydrogen-bond donors (Lipinski definition) is 2. The fraction of sp³-hybridized carbons (Fsp3) is 0.786. The fourth-order valence-corrected chi connectivity index (χ4v) is 2.24. The van der Waals surface area contributed by atoms with Gasteiger partial charge < -0.3 is 14.8 Å². The van der Waals surface area contributed by atoms with Crippen molar-refractivity contribution in [3.63, 3.8) is 0 Å². The molecule has 0 spiro atoms. The molecule has 1 fully saturated rings. The Hall–Kier alpha value is -1.63. The Morgan fingerprint density at radius 2 is 1.95 bits per heavy atom. The highest BCUT2D eigenvalue weighted by Crippen LogP contribution is 2.22. The highest BCUT2D eigenvalue weighted by Gasteiger charge is 2.42. The number of ether oxygens (including phenoxy) is 2. The average molecular weight is 300 g/mol. The Labute approximate surface area is 124 Å². The first kappa shape index (κ1) is 17.4. The maximum absolute atomic E-state index is 12.0. The summed E-state index contributed by atoms with van der Waals surface area (Å²) in [5.74, 6) is -1.17. The van der Waals surface area contributed by atoms with Crippen molar-refractivity contribution in [3.8, 4) is 0 Å². The third-order valence-corrected chi connectivity index (χ3v) is 3.31. The van der Waals surface area contributed by atoms with Crippen molar-refractivity contribution in [1.82, 2.24) is 10.6 Å². The van der Waals surface area contributed by atoms with E-state index in [1.54, 1.807) is 0 Å². The second-order valence-corrected chi connectivity index (χ2v) is 5.65. The van der Waals surface area contributed by atoms with Gasteiger partial charge in [-0.25, -0.2) is 0 Å². The Bertz CT molecular complexity index is 397. The minimum atomic E-state index is -0.549. The molecule has 7 nitrogen and oxygen atoms in total. The number of amides is 1. The molecule has 2 N–H and O–H groups in total. The summed E-state index contributed by atoms with van der Waals surface area (Å²) >= 11 is 0. The van der Waals surface area contributed by atoms with E-state index < -0.39 is 17.9 Å². The molecule has 0 aromatic heterocycles. The van der Waals surface area contributed by atoms with Crippen LogP contribution in [0.1, 0.15) is 27.2 Å². The third kappa shape index (κ3) is 5.34. The van der Waals surface area contributed by atoms with Crippen molar-refractivity contribution in [2.45, 2.75) is 39.3 Å². The Balaban J connectivity index is 2.63. The third-order valence-electron chi connectivity index (χ3n) is 3.31. The zero-order chi connectivity index (χ0) is 16.0. The lowest BCUT2D eigenvalue weighted by Crippen LogP contribution is -2.45.